The Morgan fingerprint density at radius 1 is 0.486 bits per heavy atom. The van der Waals surface area contributed by atoms with Crippen molar-refractivity contribution in [2.45, 2.75) is 34.5 Å². The Labute approximate surface area is 187 Å². The lowest BCUT2D eigenvalue weighted by atomic mass is 10.1. The highest BCUT2D eigenvalue weighted by molar-refractivity contribution is 8.04. The molecule has 0 unspecified atom stereocenters. The SMILES string of the molecule is O=S(=O)(NS(=O)(=O)c1cccc(C(F)(F)F)c1C(F)(F)F)c1cccc(C(F)(F)F)c1C(F)(F)F. The van der Waals surface area contributed by atoms with E-state index >= 15 is 0 Å². The number of hydrogen-bond donors (Lipinski definition) is 1. The van der Waals surface area contributed by atoms with Crippen LogP contribution in [0.5, 0.6) is 0 Å². The maximum absolute atomic E-state index is 13.3. The lowest BCUT2D eigenvalue weighted by Crippen LogP contribution is -2.34. The van der Waals surface area contributed by atoms with Crippen LogP contribution in [0.15, 0.2) is 46.2 Å². The molecule has 0 radical (unpaired) electrons. The van der Waals surface area contributed by atoms with Crippen molar-refractivity contribution in [3.05, 3.63) is 58.7 Å². The molecule has 19 heteroatoms. The smallest absolute Gasteiger partial charge is 0.206 e. The van der Waals surface area contributed by atoms with Crippen molar-refractivity contribution in [3.63, 3.8) is 0 Å². The zero-order chi connectivity index (χ0) is 27.4. The standard InChI is InChI=1S/C16H7F12NO4S2/c17-13(18,19)7-3-1-5-9(11(7)15(23,24)25)34(30,31)29-35(32,33)10-6-2-4-8(14(20,21)22)12(10)16(26,27)28/h1-6,29H. The molecule has 0 amide bonds. The third-order valence-corrected chi connectivity index (χ3v) is 7.62. The van der Waals surface area contributed by atoms with Gasteiger partial charge in [0, 0.05) is 0 Å². The Bertz CT molecular complexity index is 1240. The predicted molar refractivity (Wildman–Crippen MR) is 90.4 cm³/mol. The van der Waals surface area contributed by atoms with Crippen LogP contribution < -0.4 is 4.13 Å². The van der Waals surface area contributed by atoms with Crippen LogP contribution in [0.3, 0.4) is 0 Å². The minimum atomic E-state index is -6.28. The summed E-state index contributed by atoms with van der Waals surface area (Å²) < 4.78 is 208. The van der Waals surface area contributed by atoms with Crippen molar-refractivity contribution >= 4 is 20.0 Å². The van der Waals surface area contributed by atoms with Crippen molar-refractivity contribution in [1.29, 1.82) is 0 Å². The Morgan fingerprint density at radius 2 is 0.771 bits per heavy atom. The molecule has 0 fully saturated rings. The van der Waals surface area contributed by atoms with E-state index in [9.17, 15) is 69.5 Å². The molecule has 35 heavy (non-hydrogen) atoms. The van der Waals surface area contributed by atoms with Gasteiger partial charge in [-0.25, -0.2) is 16.8 Å². The first kappa shape index (κ1) is 28.7. The van der Waals surface area contributed by atoms with Gasteiger partial charge in [0.05, 0.1) is 32.0 Å². The van der Waals surface area contributed by atoms with Gasteiger partial charge in [0.15, 0.2) is 0 Å². The van der Waals surface area contributed by atoms with Crippen molar-refractivity contribution < 1.29 is 69.5 Å². The molecule has 0 aliphatic heterocycles. The molecule has 1 N–H and O–H groups in total. The minimum absolute atomic E-state index is 0.130. The normalized spacial score (nSPS) is 14.3. The highest BCUT2D eigenvalue weighted by Crippen LogP contribution is 2.45. The summed E-state index contributed by atoms with van der Waals surface area (Å²) in [4.78, 5) is -4.71. The van der Waals surface area contributed by atoms with Crippen LogP contribution in [0, 0.1) is 0 Å². The number of halogens is 12. The maximum Gasteiger partial charge on any atom is 0.418 e. The molecular formula is C16H7F12NO4S2. The summed E-state index contributed by atoms with van der Waals surface area (Å²) in [7, 11) is -12.6. The summed E-state index contributed by atoms with van der Waals surface area (Å²) in [5.74, 6) is 0. The molecule has 0 saturated heterocycles. The molecule has 5 nitrogen and oxygen atoms in total. The largest absolute Gasteiger partial charge is 0.418 e. The fourth-order valence-electron chi connectivity index (χ4n) is 2.80. The van der Waals surface area contributed by atoms with Gasteiger partial charge in [0.25, 0.3) is 20.0 Å². The number of nitrogens with one attached hydrogen (secondary N) is 1. The monoisotopic (exact) mass is 569 g/mol. The summed E-state index contributed by atoms with van der Waals surface area (Å²) in [5.41, 5.74) is -11.0. The average molecular weight is 569 g/mol. The van der Waals surface area contributed by atoms with Gasteiger partial charge in [-0.1, -0.05) is 12.1 Å². The quantitative estimate of drug-likeness (QED) is 0.499. The van der Waals surface area contributed by atoms with E-state index in [1.165, 1.54) is 0 Å². The van der Waals surface area contributed by atoms with E-state index in [2.05, 4.69) is 0 Å². The minimum Gasteiger partial charge on any atom is -0.206 e. The molecule has 196 valence electrons. The van der Waals surface area contributed by atoms with Gasteiger partial charge in [-0.15, -0.1) is 4.13 Å². The molecule has 2 aromatic carbocycles. The number of hydrogen-bond acceptors (Lipinski definition) is 4. The molecule has 2 aromatic rings. The topological polar surface area (TPSA) is 80.3 Å². The van der Waals surface area contributed by atoms with Gasteiger partial charge < -0.3 is 0 Å². The number of alkyl halides is 12. The first-order valence-electron chi connectivity index (χ1n) is 8.24. The molecule has 0 aliphatic rings. The number of rotatable bonds is 4. The van der Waals surface area contributed by atoms with Crippen LogP contribution in [0.2, 0.25) is 0 Å². The Balaban J connectivity index is 2.82. The first-order chi connectivity index (χ1) is 15.4. The van der Waals surface area contributed by atoms with E-state index in [1.807, 2.05) is 0 Å². The third kappa shape index (κ3) is 6.00. The number of benzene rings is 2. The molecule has 0 aliphatic carbocycles. The van der Waals surface area contributed by atoms with Crippen molar-refractivity contribution in [3.8, 4) is 0 Å². The second kappa shape index (κ2) is 8.54. The van der Waals surface area contributed by atoms with Crippen molar-refractivity contribution in [1.82, 2.24) is 4.13 Å². The number of sulfonamides is 2. The van der Waals surface area contributed by atoms with Gasteiger partial charge in [-0.3, -0.25) is 0 Å². The van der Waals surface area contributed by atoms with Gasteiger partial charge in [-0.05, 0) is 24.3 Å². The maximum atomic E-state index is 13.3. The zero-order valence-corrected chi connectivity index (χ0v) is 17.6. The lowest BCUT2D eigenvalue weighted by Gasteiger charge is -2.21. The van der Waals surface area contributed by atoms with Gasteiger partial charge in [-0.2, -0.15) is 52.7 Å². The fourth-order valence-corrected chi connectivity index (χ4v) is 6.18. The van der Waals surface area contributed by atoms with Crippen LogP contribution in [-0.4, -0.2) is 16.8 Å². The molecule has 0 spiro atoms. The third-order valence-electron chi connectivity index (χ3n) is 4.03. The summed E-state index contributed by atoms with van der Waals surface area (Å²) in [6, 6.07) is -0.412. The van der Waals surface area contributed by atoms with Gasteiger partial charge in [0.2, 0.25) is 0 Å². The van der Waals surface area contributed by atoms with Crippen LogP contribution in [0.1, 0.15) is 22.3 Å². The summed E-state index contributed by atoms with van der Waals surface area (Å²) in [6.07, 6.45) is -23.8. The first-order valence-corrected chi connectivity index (χ1v) is 11.2. The molecule has 0 heterocycles. The zero-order valence-electron chi connectivity index (χ0n) is 15.9. The molecule has 0 bridgehead atoms. The molecular weight excluding hydrogens is 562 g/mol. The van der Waals surface area contributed by atoms with Gasteiger partial charge >= 0.3 is 24.7 Å². The summed E-state index contributed by atoms with van der Waals surface area (Å²) >= 11 is 0. The summed E-state index contributed by atoms with van der Waals surface area (Å²) in [5, 5.41) is 0. The highest BCUT2D eigenvalue weighted by Gasteiger charge is 2.49. The van der Waals surface area contributed by atoms with E-state index in [0.29, 0.717) is 4.13 Å². The van der Waals surface area contributed by atoms with Crippen LogP contribution in [-0.2, 0) is 44.8 Å². The lowest BCUT2D eigenvalue weighted by molar-refractivity contribution is -0.163. The second-order valence-corrected chi connectivity index (χ2v) is 10.00. The Hall–Kier alpha value is -2.54. The van der Waals surface area contributed by atoms with Crippen LogP contribution >= 0.6 is 0 Å². The van der Waals surface area contributed by atoms with Crippen molar-refractivity contribution in [2.24, 2.45) is 0 Å². The predicted octanol–water partition coefficient (Wildman–Crippen LogP) is 5.43. The molecule has 2 rings (SSSR count). The molecule has 0 aromatic heterocycles. The highest BCUT2D eigenvalue weighted by atomic mass is 32.3. The molecule has 0 atom stereocenters. The van der Waals surface area contributed by atoms with Gasteiger partial charge in [0.1, 0.15) is 0 Å². The second-order valence-electron chi connectivity index (χ2n) is 6.44. The van der Waals surface area contributed by atoms with E-state index in [1.54, 1.807) is 0 Å². The Kier molecular flexibility index (Phi) is 7.00. The fraction of sp³-hybridized carbons (Fsp3) is 0.250. The van der Waals surface area contributed by atoms with Crippen LogP contribution in [0.25, 0.3) is 0 Å². The van der Waals surface area contributed by atoms with E-state index in [0.717, 1.165) is 0 Å². The average Bonchev–Trinajstić information content (AvgIpc) is 2.63. The van der Waals surface area contributed by atoms with E-state index in [-0.39, 0.29) is 36.4 Å². The van der Waals surface area contributed by atoms with E-state index < -0.39 is 76.8 Å². The van der Waals surface area contributed by atoms with E-state index in [4.69, 9.17) is 0 Å². The van der Waals surface area contributed by atoms with Crippen LogP contribution in [0.4, 0.5) is 52.7 Å². The van der Waals surface area contributed by atoms with Crippen molar-refractivity contribution in [2.75, 3.05) is 0 Å². The Morgan fingerprint density at radius 3 is 1.00 bits per heavy atom. The summed E-state index contributed by atoms with van der Waals surface area (Å²) in [6.45, 7) is 0. The molecule has 0 saturated carbocycles.